The Labute approximate surface area is 178 Å². The molecule has 0 fully saturated rings. The molecule has 2 aromatic rings. The Morgan fingerprint density at radius 1 is 1.10 bits per heavy atom. The molecule has 0 aliphatic carbocycles. The van der Waals surface area contributed by atoms with Gasteiger partial charge in [0, 0.05) is 18.1 Å². The van der Waals surface area contributed by atoms with Gasteiger partial charge in [-0.1, -0.05) is 54.8 Å². The lowest BCUT2D eigenvalue weighted by Gasteiger charge is -2.28. The van der Waals surface area contributed by atoms with E-state index in [-0.39, 0.29) is 18.4 Å². The fourth-order valence-corrected chi connectivity index (χ4v) is 2.89. The highest BCUT2D eigenvalue weighted by atomic mass is 35.5. The first-order chi connectivity index (χ1) is 13.9. The van der Waals surface area contributed by atoms with Gasteiger partial charge < -0.3 is 15.0 Å². The quantitative estimate of drug-likeness (QED) is 0.585. The van der Waals surface area contributed by atoms with Crippen LogP contribution in [0.5, 0.6) is 5.75 Å². The summed E-state index contributed by atoms with van der Waals surface area (Å²) in [5.41, 5.74) is 2.10. The molecular formula is C23H29ClN2O3. The highest BCUT2D eigenvalue weighted by molar-refractivity contribution is 6.30. The topological polar surface area (TPSA) is 58.6 Å². The molecule has 0 aliphatic heterocycles. The van der Waals surface area contributed by atoms with Gasteiger partial charge in [0.05, 0.1) is 0 Å². The Morgan fingerprint density at radius 2 is 1.76 bits per heavy atom. The maximum absolute atomic E-state index is 12.9. The maximum Gasteiger partial charge on any atom is 0.261 e. The Bertz CT molecular complexity index is 791. The molecule has 0 saturated carbocycles. The van der Waals surface area contributed by atoms with Gasteiger partial charge in [-0.3, -0.25) is 9.59 Å². The van der Waals surface area contributed by atoms with Crippen LogP contribution in [-0.4, -0.2) is 35.9 Å². The number of ether oxygens (including phenoxy) is 1. The first-order valence-electron chi connectivity index (χ1n) is 9.91. The highest BCUT2D eigenvalue weighted by Crippen LogP contribution is 2.16. The molecule has 1 N–H and O–H groups in total. The summed E-state index contributed by atoms with van der Waals surface area (Å²) in [7, 11) is 0. The van der Waals surface area contributed by atoms with Crippen molar-refractivity contribution in [2.45, 2.75) is 46.2 Å². The van der Waals surface area contributed by atoms with Gasteiger partial charge in [0.15, 0.2) is 6.61 Å². The summed E-state index contributed by atoms with van der Waals surface area (Å²) in [4.78, 5) is 27.0. The Hall–Kier alpha value is -2.53. The summed E-state index contributed by atoms with van der Waals surface area (Å²) in [6.07, 6.45) is 1.90. The summed E-state index contributed by atoms with van der Waals surface area (Å²) in [6.45, 7) is 6.61. The Morgan fingerprint density at radius 3 is 2.38 bits per heavy atom. The lowest BCUT2D eigenvalue weighted by molar-refractivity contribution is -0.142. The van der Waals surface area contributed by atoms with E-state index >= 15 is 0 Å². The predicted molar refractivity (Wildman–Crippen MR) is 116 cm³/mol. The molecule has 6 heteroatoms. The van der Waals surface area contributed by atoms with Crippen LogP contribution in [-0.2, 0) is 16.1 Å². The van der Waals surface area contributed by atoms with E-state index in [0.29, 0.717) is 23.9 Å². The number of carbonyl (C=O) groups is 2. The Balaban J connectivity index is 2.08. The highest BCUT2D eigenvalue weighted by Gasteiger charge is 2.26. The largest absolute Gasteiger partial charge is 0.484 e. The van der Waals surface area contributed by atoms with E-state index in [1.165, 1.54) is 0 Å². The van der Waals surface area contributed by atoms with Crippen molar-refractivity contribution in [3.63, 3.8) is 0 Å². The number of benzene rings is 2. The number of nitrogens with one attached hydrogen (secondary N) is 1. The number of unbranched alkanes of at least 4 members (excludes halogenated alkanes) is 1. The van der Waals surface area contributed by atoms with Gasteiger partial charge in [0.25, 0.3) is 5.91 Å². The zero-order valence-corrected chi connectivity index (χ0v) is 18.0. The number of nitrogens with zero attached hydrogens (tertiary/aromatic N) is 1. The van der Waals surface area contributed by atoms with E-state index in [2.05, 4.69) is 12.2 Å². The van der Waals surface area contributed by atoms with Gasteiger partial charge in [0.1, 0.15) is 11.8 Å². The van der Waals surface area contributed by atoms with E-state index in [0.717, 1.165) is 24.0 Å². The second-order valence-corrected chi connectivity index (χ2v) is 7.51. The molecule has 2 amide bonds. The van der Waals surface area contributed by atoms with Gasteiger partial charge in [-0.15, -0.1) is 0 Å². The van der Waals surface area contributed by atoms with E-state index in [1.807, 2.05) is 31.2 Å². The number of hydrogen-bond donors (Lipinski definition) is 1. The minimum atomic E-state index is -0.602. The van der Waals surface area contributed by atoms with Crippen molar-refractivity contribution in [1.29, 1.82) is 0 Å². The fraction of sp³-hybridized carbons (Fsp3) is 0.391. The second kappa shape index (κ2) is 11.5. The third kappa shape index (κ3) is 7.42. The number of aryl methyl sites for hydroxylation is 1. The maximum atomic E-state index is 12.9. The van der Waals surface area contributed by atoms with E-state index in [9.17, 15) is 9.59 Å². The number of hydrogen-bond acceptors (Lipinski definition) is 3. The van der Waals surface area contributed by atoms with Crippen molar-refractivity contribution in [3.8, 4) is 5.75 Å². The molecule has 0 spiro atoms. The predicted octanol–water partition coefficient (Wildman–Crippen LogP) is 4.36. The van der Waals surface area contributed by atoms with Crippen LogP contribution in [0.15, 0.2) is 48.5 Å². The van der Waals surface area contributed by atoms with Gasteiger partial charge in [0.2, 0.25) is 5.91 Å². The smallest absolute Gasteiger partial charge is 0.261 e. The standard InChI is InChI=1S/C23H29ClN2O3/c1-4-5-14-25-23(28)18(3)26(15-19-8-6-17(2)7-9-19)22(27)16-29-21-12-10-20(24)11-13-21/h6-13,18H,4-5,14-16H2,1-3H3,(H,25,28)/t18-/m1/s1. The Kier molecular flexibility index (Phi) is 9.00. The zero-order valence-electron chi connectivity index (χ0n) is 17.3. The molecule has 29 heavy (non-hydrogen) atoms. The van der Waals surface area contributed by atoms with Crippen LogP contribution < -0.4 is 10.1 Å². The molecule has 0 radical (unpaired) electrons. The van der Waals surface area contributed by atoms with Gasteiger partial charge in [-0.2, -0.15) is 0 Å². The van der Waals surface area contributed by atoms with Crippen molar-refractivity contribution in [3.05, 3.63) is 64.7 Å². The van der Waals surface area contributed by atoms with Gasteiger partial charge >= 0.3 is 0 Å². The molecule has 0 unspecified atom stereocenters. The third-order valence-electron chi connectivity index (χ3n) is 4.65. The van der Waals surface area contributed by atoms with Gasteiger partial charge in [-0.25, -0.2) is 0 Å². The molecule has 0 bridgehead atoms. The van der Waals surface area contributed by atoms with Crippen LogP contribution in [0.2, 0.25) is 5.02 Å². The molecule has 5 nitrogen and oxygen atoms in total. The van der Waals surface area contributed by atoms with Crippen molar-refractivity contribution in [2.24, 2.45) is 0 Å². The molecule has 1 atom stereocenters. The first kappa shape index (κ1) is 22.8. The van der Waals surface area contributed by atoms with Crippen LogP contribution in [0, 0.1) is 6.92 Å². The van der Waals surface area contributed by atoms with E-state index in [1.54, 1.807) is 36.1 Å². The van der Waals surface area contributed by atoms with Crippen molar-refractivity contribution >= 4 is 23.4 Å². The molecule has 0 heterocycles. The average Bonchev–Trinajstić information content (AvgIpc) is 2.72. The summed E-state index contributed by atoms with van der Waals surface area (Å²) < 4.78 is 5.61. The second-order valence-electron chi connectivity index (χ2n) is 7.07. The molecule has 156 valence electrons. The summed E-state index contributed by atoms with van der Waals surface area (Å²) in [6, 6.07) is 14.2. The van der Waals surface area contributed by atoms with Gasteiger partial charge in [-0.05, 0) is 50.1 Å². The lowest BCUT2D eigenvalue weighted by Crippen LogP contribution is -2.49. The molecule has 2 aromatic carbocycles. The van der Waals surface area contributed by atoms with Crippen molar-refractivity contribution in [2.75, 3.05) is 13.2 Å². The summed E-state index contributed by atoms with van der Waals surface area (Å²) in [5.74, 6) is 0.141. The number of carbonyl (C=O) groups excluding carboxylic acids is 2. The minimum Gasteiger partial charge on any atom is -0.484 e. The number of rotatable bonds is 10. The van der Waals surface area contributed by atoms with Crippen LogP contribution in [0.3, 0.4) is 0 Å². The monoisotopic (exact) mass is 416 g/mol. The van der Waals surface area contributed by atoms with E-state index in [4.69, 9.17) is 16.3 Å². The van der Waals surface area contributed by atoms with Crippen molar-refractivity contribution < 1.29 is 14.3 Å². The first-order valence-corrected chi connectivity index (χ1v) is 10.3. The molecular weight excluding hydrogens is 388 g/mol. The van der Waals surface area contributed by atoms with Crippen LogP contribution in [0.4, 0.5) is 0 Å². The van der Waals surface area contributed by atoms with Crippen molar-refractivity contribution in [1.82, 2.24) is 10.2 Å². The average molecular weight is 417 g/mol. The van der Waals surface area contributed by atoms with E-state index < -0.39 is 6.04 Å². The molecule has 0 aromatic heterocycles. The lowest BCUT2D eigenvalue weighted by atomic mass is 10.1. The van der Waals surface area contributed by atoms with Crippen LogP contribution >= 0.6 is 11.6 Å². The SMILES string of the molecule is CCCCNC(=O)[C@@H](C)N(Cc1ccc(C)cc1)C(=O)COc1ccc(Cl)cc1. The summed E-state index contributed by atoms with van der Waals surface area (Å²) in [5, 5.41) is 3.50. The normalized spacial score (nSPS) is 11.6. The van der Waals surface area contributed by atoms with Crippen LogP contribution in [0.1, 0.15) is 37.8 Å². The summed E-state index contributed by atoms with van der Waals surface area (Å²) >= 11 is 5.88. The minimum absolute atomic E-state index is 0.153. The fourth-order valence-electron chi connectivity index (χ4n) is 2.77. The molecule has 2 rings (SSSR count). The zero-order chi connectivity index (χ0) is 21.2. The molecule has 0 aliphatic rings. The van der Waals surface area contributed by atoms with Crippen LogP contribution in [0.25, 0.3) is 0 Å². The number of halogens is 1. The third-order valence-corrected chi connectivity index (χ3v) is 4.90. The number of amides is 2. The molecule has 0 saturated heterocycles.